The lowest BCUT2D eigenvalue weighted by molar-refractivity contribution is 0.0827. The molecule has 3 aromatic heterocycles. The topological polar surface area (TPSA) is 104 Å². The Balaban J connectivity index is 1.39. The molecule has 2 aliphatic rings. The van der Waals surface area contributed by atoms with Gasteiger partial charge in [0.1, 0.15) is 11.3 Å². The zero-order valence-electron chi connectivity index (χ0n) is 18.4. The number of hydrogen-bond donors (Lipinski definition) is 2. The van der Waals surface area contributed by atoms with Crippen molar-refractivity contribution in [2.45, 2.75) is 43.8 Å². The van der Waals surface area contributed by atoms with E-state index in [1.165, 1.54) is 16.2 Å². The molecule has 0 aliphatic carbocycles. The van der Waals surface area contributed by atoms with Gasteiger partial charge >= 0.3 is 0 Å². The SMILES string of the molecule is CN(C)C(=O)c1nc2ccc(-c3c[nH]c4nc(N5[C@@H]6CC[C@H]5CC(N)C6)cnc34)c(Cl)c2s1. The van der Waals surface area contributed by atoms with E-state index in [-0.39, 0.29) is 11.9 Å². The minimum atomic E-state index is -0.132. The number of nitrogens with zero attached hydrogens (tertiary/aromatic N) is 5. The van der Waals surface area contributed by atoms with Crippen molar-refractivity contribution in [3.63, 3.8) is 0 Å². The number of hydrogen-bond acceptors (Lipinski definition) is 7. The molecule has 2 saturated heterocycles. The molecular weight excluding hydrogens is 458 g/mol. The normalized spacial score (nSPS) is 22.4. The number of fused-ring (bicyclic) bond motifs is 4. The Labute approximate surface area is 199 Å². The van der Waals surface area contributed by atoms with E-state index in [4.69, 9.17) is 27.3 Å². The largest absolute Gasteiger partial charge is 0.349 e. The highest BCUT2D eigenvalue weighted by atomic mass is 35.5. The second-order valence-electron chi connectivity index (χ2n) is 9.15. The number of nitrogens with one attached hydrogen (secondary N) is 1. The number of benzene rings is 1. The number of carbonyl (C=O) groups is 1. The van der Waals surface area contributed by atoms with Gasteiger partial charge in [-0.05, 0) is 31.7 Å². The Morgan fingerprint density at radius 3 is 2.70 bits per heavy atom. The van der Waals surface area contributed by atoms with Gasteiger partial charge in [-0.3, -0.25) is 4.79 Å². The van der Waals surface area contributed by atoms with Crippen molar-refractivity contribution in [2.24, 2.45) is 5.73 Å². The fourth-order valence-corrected chi connectivity index (χ4v) is 6.66. The van der Waals surface area contributed by atoms with Crippen LogP contribution in [0.4, 0.5) is 5.82 Å². The third-order valence-electron chi connectivity index (χ3n) is 6.78. The predicted octanol–water partition coefficient (Wildman–Crippen LogP) is 4.05. The number of nitrogens with two attached hydrogens (primary N) is 1. The zero-order chi connectivity index (χ0) is 22.9. The van der Waals surface area contributed by atoms with Crippen molar-refractivity contribution in [3.8, 4) is 11.1 Å². The molecule has 1 aromatic carbocycles. The number of thiazole rings is 1. The lowest BCUT2D eigenvalue weighted by Crippen LogP contribution is -2.47. The quantitative estimate of drug-likeness (QED) is 0.457. The molecule has 6 rings (SSSR count). The van der Waals surface area contributed by atoms with E-state index in [1.807, 2.05) is 24.5 Å². The minimum Gasteiger partial charge on any atom is -0.349 e. The summed E-state index contributed by atoms with van der Waals surface area (Å²) in [5.74, 6) is 0.776. The molecule has 0 spiro atoms. The van der Waals surface area contributed by atoms with Crippen molar-refractivity contribution >= 4 is 56.0 Å². The van der Waals surface area contributed by atoms with Crippen LogP contribution in [0.15, 0.2) is 24.5 Å². The molecule has 0 saturated carbocycles. The summed E-state index contributed by atoms with van der Waals surface area (Å²) in [4.78, 5) is 33.7. The van der Waals surface area contributed by atoms with Crippen molar-refractivity contribution < 1.29 is 4.79 Å². The molecule has 170 valence electrons. The van der Waals surface area contributed by atoms with E-state index >= 15 is 0 Å². The lowest BCUT2D eigenvalue weighted by atomic mass is 9.98. The van der Waals surface area contributed by atoms with E-state index in [9.17, 15) is 4.79 Å². The fourth-order valence-electron chi connectivity index (χ4n) is 5.26. The van der Waals surface area contributed by atoms with Crippen LogP contribution < -0.4 is 10.6 Å². The average Bonchev–Trinajstić information content (AvgIpc) is 3.48. The summed E-state index contributed by atoms with van der Waals surface area (Å²) in [7, 11) is 3.42. The number of halogens is 1. The fraction of sp³-hybridized carbons (Fsp3) is 0.391. The second-order valence-corrected chi connectivity index (χ2v) is 10.5. The number of anilines is 1. The van der Waals surface area contributed by atoms with E-state index in [0.29, 0.717) is 27.6 Å². The van der Waals surface area contributed by atoms with Gasteiger partial charge in [-0.2, -0.15) is 0 Å². The lowest BCUT2D eigenvalue weighted by Gasteiger charge is -2.38. The first-order chi connectivity index (χ1) is 15.9. The summed E-state index contributed by atoms with van der Waals surface area (Å²) in [6.45, 7) is 0. The molecule has 2 bridgehead atoms. The van der Waals surface area contributed by atoms with E-state index in [0.717, 1.165) is 58.5 Å². The minimum absolute atomic E-state index is 0.132. The van der Waals surface area contributed by atoms with E-state index in [2.05, 4.69) is 14.9 Å². The summed E-state index contributed by atoms with van der Waals surface area (Å²) in [6, 6.07) is 5.00. The summed E-state index contributed by atoms with van der Waals surface area (Å²) in [6.07, 6.45) is 8.11. The van der Waals surface area contributed by atoms with Gasteiger partial charge in [-0.15, -0.1) is 11.3 Å². The maximum absolute atomic E-state index is 12.3. The van der Waals surface area contributed by atoms with Crippen LogP contribution in [-0.4, -0.2) is 63.0 Å². The van der Waals surface area contributed by atoms with Crippen molar-refractivity contribution in [1.29, 1.82) is 0 Å². The first kappa shape index (κ1) is 20.8. The molecule has 1 amide bonds. The van der Waals surface area contributed by atoms with Gasteiger partial charge in [-0.1, -0.05) is 17.7 Å². The number of rotatable bonds is 3. The molecule has 33 heavy (non-hydrogen) atoms. The van der Waals surface area contributed by atoms with Crippen LogP contribution in [0, 0.1) is 0 Å². The molecule has 8 nitrogen and oxygen atoms in total. The predicted molar refractivity (Wildman–Crippen MR) is 132 cm³/mol. The van der Waals surface area contributed by atoms with Gasteiger partial charge < -0.3 is 20.5 Å². The highest BCUT2D eigenvalue weighted by Gasteiger charge is 2.40. The molecule has 2 aliphatic heterocycles. The van der Waals surface area contributed by atoms with E-state index < -0.39 is 0 Å². The first-order valence-corrected chi connectivity index (χ1v) is 12.3. The number of aromatic nitrogens is 4. The van der Waals surface area contributed by atoms with Crippen LogP contribution in [0.1, 0.15) is 35.5 Å². The van der Waals surface area contributed by atoms with Gasteiger partial charge in [0.05, 0.1) is 21.4 Å². The number of carbonyl (C=O) groups excluding carboxylic acids is 1. The Bertz CT molecular complexity index is 1380. The highest BCUT2D eigenvalue weighted by molar-refractivity contribution is 7.21. The first-order valence-electron chi connectivity index (χ1n) is 11.1. The van der Waals surface area contributed by atoms with Crippen LogP contribution in [0.5, 0.6) is 0 Å². The molecule has 2 fully saturated rings. The summed E-state index contributed by atoms with van der Waals surface area (Å²) in [5.41, 5.74) is 10.2. The molecular formula is C23H24ClN7OS. The summed E-state index contributed by atoms with van der Waals surface area (Å²) >= 11 is 8.12. The Kier molecular flexibility index (Phi) is 4.83. The standard InChI is InChI=1S/C23H24ClN7OS/c1-30(2)23(32)22-28-16-6-5-14(18(24)20(16)33-22)15-9-27-21-19(15)26-10-17(29-21)31-12-3-4-13(31)8-11(25)7-12/h5-6,9-13H,3-4,7-8,25H2,1-2H3,(H,27,29)/t11?,12-,13+. The van der Waals surface area contributed by atoms with Gasteiger partial charge in [0.25, 0.3) is 5.91 Å². The van der Waals surface area contributed by atoms with Crippen LogP contribution >= 0.6 is 22.9 Å². The number of H-pyrrole nitrogens is 1. The maximum Gasteiger partial charge on any atom is 0.282 e. The average molecular weight is 482 g/mol. The molecule has 5 heterocycles. The molecule has 0 radical (unpaired) electrons. The van der Waals surface area contributed by atoms with Crippen LogP contribution in [0.3, 0.4) is 0 Å². The number of amides is 1. The van der Waals surface area contributed by atoms with Crippen LogP contribution in [0.2, 0.25) is 5.02 Å². The van der Waals surface area contributed by atoms with Gasteiger partial charge in [0, 0.05) is 49.5 Å². The molecule has 3 atom stereocenters. The molecule has 1 unspecified atom stereocenters. The molecule has 4 aromatic rings. The Morgan fingerprint density at radius 2 is 1.97 bits per heavy atom. The van der Waals surface area contributed by atoms with Crippen LogP contribution in [-0.2, 0) is 0 Å². The smallest absolute Gasteiger partial charge is 0.282 e. The molecule has 3 N–H and O–H groups in total. The van der Waals surface area contributed by atoms with Gasteiger partial charge in [-0.25, -0.2) is 15.0 Å². The second kappa shape index (κ2) is 7.65. The number of piperidine rings is 1. The molecule has 10 heteroatoms. The maximum atomic E-state index is 12.3. The third-order valence-corrected chi connectivity index (χ3v) is 8.36. The Morgan fingerprint density at radius 1 is 1.21 bits per heavy atom. The monoisotopic (exact) mass is 481 g/mol. The van der Waals surface area contributed by atoms with Crippen molar-refractivity contribution in [3.05, 3.63) is 34.6 Å². The highest BCUT2D eigenvalue weighted by Crippen LogP contribution is 2.41. The summed E-state index contributed by atoms with van der Waals surface area (Å²) in [5, 5.41) is 0.992. The van der Waals surface area contributed by atoms with Crippen molar-refractivity contribution in [1.82, 2.24) is 24.8 Å². The van der Waals surface area contributed by atoms with Gasteiger partial charge in [0.2, 0.25) is 0 Å². The van der Waals surface area contributed by atoms with Gasteiger partial charge in [0.15, 0.2) is 10.7 Å². The number of aromatic amines is 1. The van der Waals surface area contributed by atoms with Crippen LogP contribution in [0.25, 0.3) is 32.5 Å². The zero-order valence-corrected chi connectivity index (χ0v) is 20.0. The summed E-state index contributed by atoms with van der Waals surface area (Å²) < 4.78 is 0.791. The van der Waals surface area contributed by atoms with E-state index in [1.54, 1.807) is 14.1 Å². The van der Waals surface area contributed by atoms with Crippen molar-refractivity contribution in [2.75, 3.05) is 19.0 Å². The third kappa shape index (κ3) is 3.29. The Hall–Kier alpha value is -2.75.